The Morgan fingerprint density at radius 1 is 0.583 bits per heavy atom. The van der Waals surface area contributed by atoms with Crippen LogP contribution in [-0.2, 0) is 0 Å². The van der Waals surface area contributed by atoms with Crippen molar-refractivity contribution in [3.63, 3.8) is 0 Å². The molecular weight excluding hydrogens is 144 g/mol. The van der Waals surface area contributed by atoms with Gasteiger partial charge in [-0.25, -0.2) is 0 Å². The van der Waals surface area contributed by atoms with Crippen LogP contribution in [0.1, 0.15) is 51.4 Å². The van der Waals surface area contributed by atoms with Crippen LogP contribution in [0, 0.1) is 23.7 Å². The minimum Gasteiger partial charge on any atom is -0.0533 e. The van der Waals surface area contributed by atoms with Crippen LogP contribution >= 0.6 is 0 Å². The Morgan fingerprint density at radius 3 is 1.75 bits per heavy atom. The van der Waals surface area contributed by atoms with Gasteiger partial charge in [0.15, 0.2) is 0 Å². The van der Waals surface area contributed by atoms with Crippen molar-refractivity contribution in [2.75, 3.05) is 0 Å². The molecule has 3 rings (SSSR count). The first kappa shape index (κ1) is 7.41. The van der Waals surface area contributed by atoms with Gasteiger partial charge in [0.25, 0.3) is 0 Å². The fourth-order valence-electron chi connectivity index (χ4n) is 3.41. The van der Waals surface area contributed by atoms with Gasteiger partial charge in [-0.05, 0) is 42.9 Å². The molecule has 0 aliphatic heterocycles. The molecule has 0 N–H and O–H groups in total. The van der Waals surface area contributed by atoms with Crippen molar-refractivity contribution in [2.24, 2.45) is 23.7 Å². The maximum atomic E-state index is 1.62. The molecule has 2 unspecified atom stereocenters. The molecule has 12 heavy (non-hydrogen) atoms. The molecule has 2 atom stereocenters. The summed E-state index contributed by atoms with van der Waals surface area (Å²) in [6.07, 6.45) is 12.5. The molecule has 0 amide bonds. The third-order valence-electron chi connectivity index (χ3n) is 4.37. The smallest absolute Gasteiger partial charge is 0.0352 e. The predicted molar refractivity (Wildman–Crippen MR) is 50.9 cm³/mol. The Balaban J connectivity index is 1.53. The second kappa shape index (κ2) is 2.75. The van der Waals surface area contributed by atoms with Crippen LogP contribution in [0.2, 0.25) is 0 Å². The van der Waals surface area contributed by atoms with Gasteiger partial charge in [0.05, 0.1) is 0 Å². The number of hydrogen-bond donors (Lipinski definition) is 0. The van der Waals surface area contributed by atoms with Crippen molar-refractivity contribution in [1.82, 2.24) is 0 Å². The number of rotatable bonds is 2. The predicted octanol–water partition coefficient (Wildman–Crippen LogP) is 3.61. The van der Waals surface area contributed by atoms with E-state index in [-0.39, 0.29) is 0 Å². The molecule has 68 valence electrons. The maximum Gasteiger partial charge on any atom is -0.0352 e. The maximum absolute atomic E-state index is 1.62. The van der Waals surface area contributed by atoms with Gasteiger partial charge in [-0.1, -0.05) is 32.1 Å². The van der Waals surface area contributed by atoms with Gasteiger partial charge >= 0.3 is 0 Å². The minimum atomic E-state index is 1.17. The summed E-state index contributed by atoms with van der Waals surface area (Å²) in [4.78, 5) is 0. The van der Waals surface area contributed by atoms with Crippen molar-refractivity contribution in [3.8, 4) is 0 Å². The molecule has 3 fully saturated rings. The third kappa shape index (κ3) is 1.30. The number of hydrogen-bond acceptors (Lipinski definition) is 0. The Labute approximate surface area is 75.7 Å². The largest absolute Gasteiger partial charge is 0.0533 e. The van der Waals surface area contributed by atoms with E-state index >= 15 is 0 Å². The van der Waals surface area contributed by atoms with E-state index in [1.54, 1.807) is 44.9 Å². The highest BCUT2D eigenvalue weighted by molar-refractivity contribution is 4.99. The summed E-state index contributed by atoms with van der Waals surface area (Å²) in [5.74, 6) is 4.80. The zero-order chi connectivity index (χ0) is 7.97. The Kier molecular flexibility index (Phi) is 1.70. The average molecular weight is 164 g/mol. The van der Waals surface area contributed by atoms with Gasteiger partial charge in [-0.2, -0.15) is 0 Å². The second-order valence-corrected chi connectivity index (χ2v) is 5.30. The molecule has 3 aliphatic carbocycles. The summed E-state index contributed by atoms with van der Waals surface area (Å²) < 4.78 is 0. The van der Waals surface area contributed by atoms with E-state index in [0.717, 1.165) is 0 Å². The molecule has 0 saturated heterocycles. The van der Waals surface area contributed by atoms with Crippen LogP contribution in [0.15, 0.2) is 0 Å². The molecule has 3 saturated carbocycles. The highest BCUT2D eigenvalue weighted by Crippen LogP contribution is 2.59. The quantitative estimate of drug-likeness (QED) is 0.585. The van der Waals surface area contributed by atoms with Gasteiger partial charge in [-0.3, -0.25) is 0 Å². The zero-order valence-electron chi connectivity index (χ0n) is 7.97. The van der Waals surface area contributed by atoms with Crippen molar-refractivity contribution >= 4 is 0 Å². The van der Waals surface area contributed by atoms with E-state index in [2.05, 4.69) is 0 Å². The third-order valence-corrected chi connectivity index (χ3v) is 4.37. The Bertz CT molecular complexity index is 163. The molecule has 0 aromatic rings. The Morgan fingerprint density at radius 2 is 1.17 bits per heavy atom. The summed E-state index contributed by atoms with van der Waals surface area (Å²) in [7, 11) is 0. The van der Waals surface area contributed by atoms with Gasteiger partial charge in [0, 0.05) is 0 Å². The fourth-order valence-corrected chi connectivity index (χ4v) is 3.41. The highest BCUT2D eigenvalue weighted by Gasteiger charge is 2.50. The molecule has 0 heteroatoms. The van der Waals surface area contributed by atoms with Gasteiger partial charge in [-0.15, -0.1) is 0 Å². The van der Waals surface area contributed by atoms with Crippen LogP contribution in [0.25, 0.3) is 0 Å². The van der Waals surface area contributed by atoms with Crippen molar-refractivity contribution in [2.45, 2.75) is 51.4 Å². The summed E-state index contributed by atoms with van der Waals surface area (Å²) in [6, 6.07) is 0. The molecule has 0 nitrogen and oxygen atoms in total. The molecule has 0 radical (unpaired) electrons. The van der Waals surface area contributed by atoms with Crippen LogP contribution in [0.5, 0.6) is 0 Å². The second-order valence-electron chi connectivity index (χ2n) is 5.30. The van der Waals surface area contributed by atoms with Gasteiger partial charge in [0.1, 0.15) is 0 Å². The fraction of sp³-hybridized carbons (Fsp3) is 1.00. The summed E-state index contributed by atoms with van der Waals surface area (Å²) in [5, 5.41) is 0. The normalized spacial score (nSPS) is 43.0. The molecule has 0 aromatic heterocycles. The monoisotopic (exact) mass is 164 g/mol. The van der Waals surface area contributed by atoms with E-state index in [1.165, 1.54) is 30.1 Å². The standard InChI is InChI=1S/C12H20/c1-2-4-9(5-3-1)11-8-12(11)10-6-7-10/h9-12H,1-8H2. The zero-order valence-corrected chi connectivity index (χ0v) is 7.97. The lowest BCUT2D eigenvalue weighted by Crippen LogP contribution is -2.09. The first-order chi connectivity index (χ1) is 5.95. The van der Waals surface area contributed by atoms with Crippen molar-refractivity contribution < 1.29 is 0 Å². The van der Waals surface area contributed by atoms with Crippen molar-refractivity contribution in [1.29, 1.82) is 0 Å². The topological polar surface area (TPSA) is 0 Å². The summed E-state index contributed by atoms with van der Waals surface area (Å²) in [6.45, 7) is 0. The summed E-state index contributed by atoms with van der Waals surface area (Å²) in [5.41, 5.74) is 0. The summed E-state index contributed by atoms with van der Waals surface area (Å²) >= 11 is 0. The van der Waals surface area contributed by atoms with Crippen LogP contribution in [0.4, 0.5) is 0 Å². The molecule has 0 spiro atoms. The first-order valence-corrected chi connectivity index (χ1v) is 5.95. The Hall–Kier alpha value is 0. The lowest BCUT2D eigenvalue weighted by atomic mass is 9.85. The van der Waals surface area contributed by atoms with E-state index in [9.17, 15) is 0 Å². The highest BCUT2D eigenvalue weighted by atomic mass is 14.5. The SMILES string of the molecule is C1CCC(C2CC2C2CC2)CC1. The molecular formula is C12H20. The van der Waals surface area contributed by atoms with E-state index in [4.69, 9.17) is 0 Å². The molecule has 3 aliphatic rings. The van der Waals surface area contributed by atoms with Crippen LogP contribution < -0.4 is 0 Å². The van der Waals surface area contributed by atoms with E-state index < -0.39 is 0 Å². The minimum absolute atomic E-state index is 1.17. The molecule has 0 aromatic carbocycles. The van der Waals surface area contributed by atoms with Crippen LogP contribution in [0.3, 0.4) is 0 Å². The van der Waals surface area contributed by atoms with Crippen LogP contribution in [-0.4, -0.2) is 0 Å². The van der Waals surface area contributed by atoms with E-state index in [1.807, 2.05) is 0 Å². The van der Waals surface area contributed by atoms with Crippen molar-refractivity contribution in [3.05, 3.63) is 0 Å². The van der Waals surface area contributed by atoms with Gasteiger partial charge in [0.2, 0.25) is 0 Å². The van der Waals surface area contributed by atoms with Gasteiger partial charge < -0.3 is 0 Å². The average Bonchev–Trinajstić information content (AvgIpc) is 2.99. The molecule has 0 heterocycles. The molecule has 0 bridgehead atoms. The lowest BCUT2D eigenvalue weighted by molar-refractivity contribution is 0.305. The van der Waals surface area contributed by atoms with E-state index in [0.29, 0.717) is 0 Å². The lowest BCUT2D eigenvalue weighted by Gasteiger charge is -2.21. The first-order valence-electron chi connectivity index (χ1n) is 5.95.